The zero-order valence-electron chi connectivity index (χ0n) is 15.7. The van der Waals surface area contributed by atoms with Gasteiger partial charge < -0.3 is 14.6 Å². The summed E-state index contributed by atoms with van der Waals surface area (Å²) in [5, 5.41) is 2.83. The summed E-state index contributed by atoms with van der Waals surface area (Å²) in [5.74, 6) is 1.77. The van der Waals surface area contributed by atoms with Gasteiger partial charge in [0.15, 0.2) is 0 Å². The lowest BCUT2D eigenvalue weighted by atomic mass is 10.2. The van der Waals surface area contributed by atoms with E-state index in [0.29, 0.717) is 6.54 Å². The molecule has 3 aromatic rings. The lowest BCUT2D eigenvalue weighted by Crippen LogP contribution is -2.30. The average Bonchev–Trinajstić information content (AvgIpc) is 3.13. The van der Waals surface area contributed by atoms with Crippen LogP contribution in [0.1, 0.15) is 18.3 Å². The predicted octanol–water partition coefficient (Wildman–Crippen LogP) is 3.99. The van der Waals surface area contributed by atoms with E-state index in [1.807, 2.05) is 73.1 Å². The Morgan fingerprint density at radius 3 is 2.48 bits per heavy atom. The average molecular weight is 382 g/mol. The molecular weight excluding hydrogens is 358 g/mol. The van der Waals surface area contributed by atoms with Crippen molar-refractivity contribution >= 4 is 17.7 Å². The monoisotopic (exact) mass is 381 g/mol. The number of imidazole rings is 1. The molecule has 0 aliphatic heterocycles. The van der Waals surface area contributed by atoms with E-state index in [0.717, 1.165) is 27.7 Å². The van der Waals surface area contributed by atoms with Crippen LogP contribution in [0.15, 0.2) is 65.8 Å². The summed E-state index contributed by atoms with van der Waals surface area (Å²) in [6.45, 7) is 4.39. The van der Waals surface area contributed by atoms with Gasteiger partial charge in [-0.05, 0) is 55.8 Å². The fourth-order valence-corrected chi connectivity index (χ4v) is 3.56. The van der Waals surface area contributed by atoms with E-state index >= 15 is 0 Å². The van der Waals surface area contributed by atoms with Crippen molar-refractivity contribution < 1.29 is 9.53 Å². The number of hydrogen-bond donors (Lipinski definition) is 1. The molecule has 5 nitrogen and oxygen atoms in total. The van der Waals surface area contributed by atoms with Crippen molar-refractivity contribution in [3.8, 4) is 11.4 Å². The van der Waals surface area contributed by atoms with Gasteiger partial charge in [0.05, 0.1) is 12.4 Å². The van der Waals surface area contributed by atoms with E-state index in [1.165, 1.54) is 11.8 Å². The van der Waals surface area contributed by atoms with Crippen LogP contribution < -0.4 is 10.1 Å². The van der Waals surface area contributed by atoms with Crippen LogP contribution in [-0.4, -0.2) is 27.8 Å². The zero-order chi connectivity index (χ0) is 19.2. The first-order valence-electron chi connectivity index (χ1n) is 8.74. The molecule has 0 fully saturated rings. The minimum absolute atomic E-state index is 0.0188. The van der Waals surface area contributed by atoms with Crippen molar-refractivity contribution in [1.29, 1.82) is 0 Å². The maximum Gasteiger partial charge on any atom is 0.233 e. The van der Waals surface area contributed by atoms with Crippen LogP contribution in [0.2, 0.25) is 0 Å². The molecule has 1 atom stereocenters. The van der Waals surface area contributed by atoms with Gasteiger partial charge in [-0.15, -0.1) is 11.8 Å². The second kappa shape index (κ2) is 8.77. The Kier molecular flexibility index (Phi) is 6.19. The van der Waals surface area contributed by atoms with Crippen molar-refractivity contribution in [2.45, 2.75) is 30.5 Å². The molecule has 1 heterocycles. The highest BCUT2D eigenvalue weighted by Gasteiger charge is 2.14. The van der Waals surface area contributed by atoms with Crippen molar-refractivity contribution in [1.82, 2.24) is 14.9 Å². The number of methoxy groups -OCH3 is 1. The lowest BCUT2D eigenvalue weighted by molar-refractivity contribution is -0.120. The third-order valence-electron chi connectivity index (χ3n) is 4.25. The lowest BCUT2D eigenvalue weighted by Gasteiger charge is -2.13. The van der Waals surface area contributed by atoms with Crippen molar-refractivity contribution in [3.63, 3.8) is 0 Å². The van der Waals surface area contributed by atoms with Crippen LogP contribution in [-0.2, 0) is 11.3 Å². The Bertz CT molecular complexity index is 889. The summed E-state index contributed by atoms with van der Waals surface area (Å²) in [7, 11) is 1.64. The quantitative estimate of drug-likeness (QED) is 0.629. The van der Waals surface area contributed by atoms with E-state index in [4.69, 9.17) is 4.74 Å². The number of benzene rings is 2. The van der Waals surface area contributed by atoms with Gasteiger partial charge in [0.25, 0.3) is 0 Å². The molecule has 0 radical (unpaired) electrons. The summed E-state index contributed by atoms with van der Waals surface area (Å²) in [6, 6.07) is 15.8. The Labute approximate surface area is 163 Å². The number of thioether (sulfide) groups is 1. The summed E-state index contributed by atoms with van der Waals surface area (Å²) in [4.78, 5) is 17.6. The number of aryl methyl sites for hydroxylation is 1. The molecule has 6 heteroatoms. The van der Waals surface area contributed by atoms with Gasteiger partial charge in [-0.2, -0.15) is 0 Å². The van der Waals surface area contributed by atoms with Crippen LogP contribution in [0, 0.1) is 6.92 Å². The number of amides is 1. The minimum atomic E-state index is -0.175. The highest BCUT2D eigenvalue weighted by atomic mass is 32.2. The van der Waals surface area contributed by atoms with Gasteiger partial charge in [0.1, 0.15) is 11.6 Å². The fraction of sp³-hybridized carbons (Fsp3) is 0.238. The van der Waals surface area contributed by atoms with E-state index in [9.17, 15) is 4.79 Å². The number of carbonyl (C=O) groups excluding carboxylic acids is 1. The van der Waals surface area contributed by atoms with E-state index < -0.39 is 0 Å². The maximum atomic E-state index is 12.4. The largest absolute Gasteiger partial charge is 0.497 e. The van der Waals surface area contributed by atoms with Crippen molar-refractivity contribution in [3.05, 3.63) is 72.3 Å². The first-order valence-corrected chi connectivity index (χ1v) is 9.62. The minimum Gasteiger partial charge on any atom is -0.497 e. The summed E-state index contributed by atoms with van der Waals surface area (Å²) in [5.41, 5.74) is 2.12. The number of carbonyl (C=O) groups is 1. The molecule has 0 saturated carbocycles. The predicted molar refractivity (Wildman–Crippen MR) is 108 cm³/mol. The Hall–Kier alpha value is -2.73. The van der Waals surface area contributed by atoms with Crippen molar-refractivity contribution in [2.24, 2.45) is 0 Å². The van der Waals surface area contributed by atoms with Crippen LogP contribution in [0.3, 0.4) is 0 Å². The normalized spacial score (nSPS) is 11.8. The SMILES string of the molecule is COc1ccc(S[C@H](C)C(=O)NCc2ccc(-n3ccnc3C)cc2)cc1. The molecule has 0 aliphatic rings. The number of hydrogen-bond acceptors (Lipinski definition) is 4. The van der Waals surface area contributed by atoms with E-state index in [2.05, 4.69) is 10.3 Å². The molecule has 0 aliphatic carbocycles. The molecule has 2 aromatic carbocycles. The van der Waals surface area contributed by atoms with Gasteiger partial charge in [0.2, 0.25) is 5.91 Å². The fourth-order valence-electron chi connectivity index (χ4n) is 2.67. The number of rotatable bonds is 7. The number of nitrogens with zero attached hydrogens (tertiary/aromatic N) is 2. The molecule has 27 heavy (non-hydrogen) atoms. The Morgan fingerprint density at radius 2 is 1.89 bits per heavy atom. The maximum absolute atomic E-state index is 12.4. The molecule has 3 rings (SSSR count). The molecule has 0 spiro atoms. The van der Waals surface area contributed by atoms with E-state index in [-0.39, 0.29) is 11.2 Å². The number of aromatic nitrogens is 2. The smallest absolute Gasteiger partial charge is 0.233 e. The van der Waals surface area contributed by atoms with Gasteiger partial charge in [0, 0.05) is 29.5 Å². The van der Waals surface area contributed by atoms with Crippen LogP contribution in [0.25, 0.3) is 5.69 Å². The van der Waals surface area contributed by atoms with Gasteiger partial charge in [-0.3, -0.25) is 4.79 Å². The first kappa shape index (κ1) is 19.0. The van der Waals surface area contributed by atoms with Crippen LogP contribution in [0.4, 0.5) is 0 Å². The molecule has 1 amide bonds. The third-order valence-corrected chi connectivity index (χ3v) is 5.36. The summed E-state index contributed by atoms with van der Waals surface area (Å²) < 4.78 is 7.18. The van der Waals surface area contributed by atoms with Gasteiger partial charge in [-0.1, -0.05) is 12.1 Å². The molecule has 0 saturated heterocycles. The first-order chi connectivity index (χ1) is 13.1. The Morgan fingerprint density at radius 1 is 1.19 bits per heavy atom. The zero-order valence-corrected chi connectivity index (χ0v) is 16.5. The molecule has 1 aromatic heterocycles. The topological polar surface area (TPSA) is 56.1 Å². The molecule has 140 valence electrons. The summed E-state index contributed by atoms with van der Waals surface area (Å²) >= 11 is 1.53. The molecule has 0 bridgehead atoms. The standard InChI is InChI=1S/C21H23N3O2S/c1-15(27-20-10-8-19(26-3)9-11-20)21(25)23-14-17-4-6-18(7-5-17)24-13-12-22-16(24)2/h4-13,15H,14H2,1-3H3,(H,23,25)/t15-/m1/s1. The second-order valence-electron chi connectivity index (χ2n) is 6.16. The highest BCUT2D eigenvalue weighted by Crippen LogP contribution is 2.25. The van der Waals surface area contributed by atoms with Crippen LogP contribution >= 0.6 is 11.8 Å². The summed E-state index contributed by atoms with van der Waals surface area (Å²) in [6.07, 6.45) is 3.72. The molecule has 0 unspecified atom stereocenters. The van der Waals surface area contributed by atoms with Gasteiger partial charge >= 0.3 is 0 Å². The highest BCUT2D eigenvalue weighted by molar-refractivity contribution is 8.00. The van der Waals surface area contributed by atoms with Crippen molar-refractivity contribution in [2.75, 3.05) is 7.11 Å². The second-order valence-corrected chi connectivity index (χ2v) is 7.58. The number of nitrogens with one attached hydrogen (secondary N) is 1. The third kappa shape index (κ3) is 4.92. The van der Waals surface area contributed by atoms with Crippen LogP contribution in [0.5, 0.6) is 5.75 Å². The Balaban J connectivity index is 1.52. The van der Waals surface area contributed by atoms with E-state index in [1.54, 1.807) is 13.3 Å². The molecular formula is C21H23N3O2S. The van der Waals surface area contributed by atoms with Gasteiger partial charge in [-0.25, -0.2) is 4.98 Å². The number of ether oxygens (including phenoxy) is 1. The molecule has 1 N–H and O–H groups in total.